The molecule has 6 nitrogen and oxygen atoms in total. The fraction of sp³-hybridized carbons (Fsp3) is 0.333. The van der Waals surface area contributed by atoms with Crippen molar-refractivity contribution < 1.29 is 18.7 Å². The van der Waals surface area contributed by atoms with E-state index in [1.54, 1.807) is 13.8 Å². The van der Waals surface area contributed by atoms with Crippen LogP contribution in [0.1, 0.15) is 50.8 Å². The molecule has 2 aromatic heterocycles. The molecular formula is C21H24N2O4. The zero-order valence-electron chi connectivity index (χ0n) is 16.3. The molecule has 1 aromatic carbocycles. The molecule has 0 saturated heterocycles. The molecule has 1 atom stereocenters. The molecular weight excluding hydrogens is 344 g/mol. The van der Waals surface area contributed by atoms with E-state index in [0.29, 0.717) is 22.5 Å². The molecule has 0 fully saturated rings. The molecule has 1 unspecified atom stereocenters. The highest BCUT2D eigenvalue weighted by atomic mass is 16.5. The summed E-state index contributed by atoms with van der Waals surface area (Å²) in [5, 5.41) is 1.04. The van der Waals surface area contributed by atoms with E-state index in [1.165, 1.54) is 7.11 Å². The maximum atomic E-state index is 12.8. The minimum atomic E-state index is -0.440. The van der Waals surface area contributed by atoms with Crippen molar-refractivity contribution in [2.24, 2.45) is 0 Å². The smallest absolute Gasteiger partial charge is 0.339 e. The number of aromatic amines is 1. The standard InChI is InChI=1S/C21H24N2O4/c1-12-19(21(25)26-5)13(2)22-20(12)16(24)11-23(4)14(3)18-10-15-8-6-7-9-17(15)27-18/h6-10,14,22H,11H2,1-5H3. The number of hydrogen-bond acceptors (Lipinski definition) is 5. The van der Waals surface area contributed by atoms with Crippen LogP contribution in [0.2, 0.25) is 0 Å². The Labute approximate surface area is 158 Å². The van der Waals surface area contributed by atoms with Gasteiger partial charge in [-0.15, -0.1) is 0 Å². The van der Waals surface area contributed by atoms with E-state index in [2.05, 4.69) is 4.98 Å². The van der Waals surface area contributed by atoms with Crippen LogP contribution in [0.4, 0.5) is 0 Å². The Hall–Kier alpha value is -2.86. The lowest BCUT2D eigenvalue weighted by Crippen LogP contribution is -2.29. The molecule has 3 rings (SSSR count). The fourth-order valence-electron chi connectivity index (χ4n) is 3.31. The van der Waals surface area contributed by atoms with Crippen molar-refractivity contribution in [3.63, 3.8) is 0 Å². The maximum absolute atomic E-state index is 12.8. The number of hydrogen-bond donors (Lipinski definition) is 1. The van der Waals surface area contributed by atoms with Gasteiger partial charge in [0.1, 0.15) is 11.3 Å². The van der Waals surface area contributed by atoms with Crippen LogP contribution >= 0.6 is 0 Å². The molecule has 0 aliphatic rings. The van der Waals surface area contributed by atoms with Crippen molar-refractivity contribution in [2.75, 3.05) is 20.7 Å². The number of aromatic nitrogens is 1. The zero-order valence-corrected chi connectivity index (χ0v) is 16.3. The molecule has 0 aliphatic heterocycles. The summed E-state index contributed by atoms with van der Waals surface area (Å²) < 4.78 is 10.7. The van der Waals surface area contributed by atoms with Crippen LogP contribution in [0.25, 0.3) is 11.0 Å². The van der Waals surface area contributed by atoms with Gasteiger partial charge in [-0.25, -0.2) is 4.79 Å². The summed E-state index contributed by atoms with van der Waals surface area (Å²) in [6, 6.07) is 9.76. The minimum Gasteiger partial charge on any atom is -0.465 e. The number of fused-ring (bicyclic) bond motifs is 1. The number of aryl methyl sites for hydroxylation is 1. The van der Waals surface area contributed by atoms with Gasteiger partial charge in [0.25, 0.3) is 0 Å². The third-order valence-electron chi connectivity index (χ3n) is 5.02. The first kappa shape index (κ1) is 18.9. The van der Waals surface area contributed by atoms with E-state index in [0.717, 1.165) is 16.7 Å². The lowest BCUT2D eigenvalue weighted by Gasteiger charge is -2.22. The Kier molecular flexibility index (Phi) is 5.19. The molecule has 3 aromatic rings. The lowest BCUT2D eigenvalue weighted by atomic mass is 10.1. The Morgan fingerprint density at radius 1 is 1.26 bits per heavy atom. The Bertz CT molecular complexity index is 966. The number of benzene rings is 1. The topological polar surface area (TPSA) is 75.5 Å². The molecule has 6 heteroatoms. The molecule has 2 heterocycles. The quantitative estimate of drug-likeness (QED) is 0.525. The van der Waals surface area contributed by atoms with E-state index >= 15 is 0 Å². The molecule has 1 N–H and O–H groups in total. The number of rotatable bonds is 6. The first-order valence-electron chi connectivity index (χ1n) is 8.82. The van der Waals surface area contributed by atoms with Gasteiger partial charge in [-0.3, -0.25) is 9.69 Å². The van der Waals surface area contributed by atoms with Gasteiger partial charge in [0.05, 0.1) is 31.0 Å². The predicted octanol–water partition coefficient (Wildman–Crippen LogP) is 4.04. The van der Waals surface area contributed by atoms with Crippen molar-refractivity contribution in [3.05, 3.63) is 58.6 Å². The summed E-state index contributed by atoms with van der Waals surface area (Å²) in [5.41, 5.74) is 2.95. The van der Waals surface area contributed by atoms with Crippen molar-refractivity contribution in [1.29, 1.82) is 0 Å². The number of para-hydroxylation sites is 1. The molecule has 142 valence electrons. The molecule has 27 heavy (non-hydrogen) atoms. The van der Waals surface area contributed by atoms with Gasteiger partial charge >= 0.3 is 5.97 Å². The minimum absolute atomic E-state index is 0.0715. The SMILES string of the molecule is COC(=O)c1c(C)[nH]c(C(=O)CN(C)C(C)c2cc3ccccc3o2)c1C. The van der Waals surface area contributed by atoms with Crippen LogP contribution in [-0.4, -0.2) is 42.3 Å². The number of furan rings is 1. The first-order valence-corrected chi connectivity index (χ1v) is 8.82. The molecule has 0 bridgehead atoms. The van der Waals surface area contributed by atoms with Gasteiger partial charge in [-0.1, -0.05) is 18.2 Å². The number of likely N-dealkylation sites (N-methyl/N-ethyl adjacent to an activating group) is 1. The molecule has 0 aliphatic carbocycles. The van der Waals surface area contributed by atoms with E-state index in [1.807, 2.05) is 49.2 Å². The average molecular weight is 368 g/mol. The summed E-state index contributed by atoms with van der Waals surface area (Å²) in [4.78, 5) is 29.7. The summed E-state index contributed by atoms with van der Waals surface area (Å²) in [6.45, 7) is 5.71. The number of methoxy groups -OCH3 is 1. The highest BCUT2D eigenvalue weighted by Crippen LogP contribution is 2.27. The lowest BCUT2D eigenvalue weighted by molar-refractivity contribution is 0.0599. The normalized spacial score (nSPS) is 12.5. The molecule has 0 spiro atoms. The molecule has 0 amide bonds. The highest BCUT2D eigenvalue weighted by Gasteiger charge is 2.25. The van der Waals surface area contributed by atoms with Crippen molar-refractivity contribution in [2.45, 2.75) is 26.8 Å². The van der Waals surface area contributed by atoms with Crippen LogP contribution in [0.5, 0.6) is 0 Å². The maximum Gasteiger partial charge on any atom is 0.339 e. The molecule has 0 radical (unpaired) electrons. The second-order valence-corrected chi connectivity index (χ2v) is 6.82. The van der Waals surface area contributed by atoms with E-state index in [9.17, 15) is 9.59 Å². The number of nitrogens with zero attached hydrogens (tertiary/aromatic N) is 1. The molecule has 0 saturated carbocycles. The Balaban J connectivity index is 1.78. The van der Waals surface area contributed by atoms with Crippen LogP contribution < -0.4 is 0 Å². The number of ether oxygens (including phenoxy) is 1. The second kappa shape index (κ2) is 7.40. The number of carbonyl (C=O) groups excluding carboxylic acids is 2. The summed E-state index contributed by atoms with van der Waals surface area (Å²) in [6.07, 6.45) is 0. The van der Waals surface area contributed by atoms with Gasteiger partial charge < -0.3 is 14.1 Å². The largest absolute Gasteiger partial charge is 0.465 e. The monoisotopic (exact) mass is 368 g/mol. The van der Waals surface area contributed by atoms with Crippen molar-refractivity contribution in [1.82, 2.24) is 9.88 Å². The summed E-state index contributed by atoms with van der Waals surface area (Å²) in [7, 11) is 3.21. The van der Waals surface area contributed by atoms with Crippen LogP contribution in [0.15, 0.2) is 34.7 Å². The first-order chi connectivity index (χ1) is 12.8. The van der Waals surface area contributed by atoms with Crippen molar-refractivity contribution >= 4 is 22.7 Å². The van der Waals surface area contributed by atoms with Crippen LogP contribution in [0, 0.1) is 13.8 Å². The summed E-state index contributed by atoms with van der Waals surface area (Å²) >= 11 is 0. The predicted molar refractivity (Wildman–Crippen MR) is 103 cm³/mol. The van der Waals surface area contributed by atoms with Crippen LogP contribution in [-0.2, 0) is 4.74 Å². The fourth-order valence-corrected chi connectivity index (χ4v) is 3.31. The number of Topliss-reactive ketones (excluding diaryl/α,β-unsaturated/α-hetero) is 1. The number of H-pyrrole nitrogens is 1. The average Bonchev–Trinajstić information content (AvgIpc) is 3.21. The third kappa shape index (κ3) is 3.53. The second-order valence-electron chi connectivity index (χ2n) is 6.82. The Morgan fingerprint density at radius 2 is 1.96 bits per heavy atom. The van der Waals surface area contributed by atoms with Crippen LogP contribution in [0.3, 0.4) is 0 Å². The van der Waals surface area contributed by atoms with Gasteiger partial charge in [-0.05, 0) is 45.5 Å². The third-order valence-corrected chi connectivity index (χ3v) is 5.02. The van der Waals surface area contributed by atoms with Gasteiger partial charge in [0.15, 0.2) is 5.78 Å². The number of nitrogens with one attached hydrogen (secondary N) is 1. The van der Waals surface area contributed by atoms with Gasteiger partial charge in [0.2, 0.25) is 0 Å². The highest BCUT2D eigenvalue weighted by molar-refractivity contribution is 6.02. The van der Waals surface area contributed by atoms with E-state index in [-0.39, 0.29) is 18.4 Å². The summed E-state index contributed by atoms with van der Waals surface area (Å²) in [5.74, 6) is 0.279. The number of ketones is 1. The Morgan fingerprint density at radius 3 is 2.63 bits per heavy atom. The number of esters is 1. The van der Waals surface area contributed by atoms with Gasteiger partial charge in [0, 0.05) is 11.1 Å². The zero-order chi connectivity index (χ0) is 19.7. The van der Waals surface area contributed by atoms with Crippen molar-refractivity contribution in [3.8, 4) is 0 Å². The number of carbonyl (C=O) groups is 2. The van der Waals surface area contributed by atoms with E-state index < -0.39 is 5.97 Å². The van der Waals surface area contributed by atoms with E-state index in [4.69, 9.17) is 9.15 Å². The van der Waals surface area contributed by atoms with Gasteiger partial charge in [-0.2, -0.15) is 0 Å².